The summed E-state index contributed by atoms with van der Waals surface area (Å²) in [6, 6.07) is 15.8. The SMILES string of the molecule is O=C(NC1CCCCC1CCC(=O)N1CCC1C(=O)O)OCC1c2ccccc2-c2ccccc21. The van der Waals surface area contributed by atoms with Gasteiger partial charge >= 0.3 is 12.1 Å². The molecule has 2 fully saturated rings. The number of carbonyl (C=O) groups is 3. The third-order valence-electron chi connectivity index (χ3n) is 7.91. The first-order chi connectivity index (χ1) is 17.0. The van der Waals surface area contributed by atoms with Gasteiger partial charge in [0.2, 0.25) is 5.91 Å². The topological polar surface area (TPSA) is 95.9 Å². The Hall–Kier alpha value is -3.35. The molecular formula is C28H32N2O5. The van der Waals surface area contributed by atoms with Crippen molar-refractivity contribution >= 4 is 18.0 Å². The molecule has 35 heavy (non-hydrogen) atoms. The van der Waals surface area contributed by atoms with Crippen LogP contribution in [-0.4, -0.2) is 53.2 Å². The summed E-state index contributed by atoms with van der Waals surface area (Å²) < 4.78 is 5.73. The number of aliphatic carboxylic acids is 1. The molecule has 184 valence electrons. The van der Waals surface area contributed by atoms with Gasteiger partial charge in [0.05, 0.1) is 0 Å². The van der Waals surface area contributed by atoms with Gasteiger partial charge in [0.25, 0.3) is 0 Å². The Morgan fingerprint density at radius 1 is 0.943 bits per heavy atom. The molecule has 7 nitrogen and oxygen atoms in total. The summed E-state index contributed by atoms with van der Waals surface area (Å²) in [6.07, 6.45) is 5.00. The maximum absolute atomic E-state index is 12.8. The van der Waals surface area contributed by atoms with Crippen LogP contribution in [0.25, 0.3) is 11.1 Å². The number of nitrogens with one attached hydrogen (secondary N) is 1. The Kier molecular flexibility index (Phi) is 6.75. The molecule has 0 radical (unpaired) electrons. The van der Waals surface area contributed by atoms with Crippen molar-refractivity contribution in [2.45, 2.75) is 62.9 Å². The molecule has 2 N–H and O–H groups in total. The Labute approximate surface area is 205 Å². The molecule has 2 aromatic rings. The van der Waals surface area contributed by atoms with E-state index in [4.69, 9.17) is 4.74 Å². The Morgan fingerprint density at radius 2 is 1.60 bits per heavy atom. The van der Waals surface area contributed by atoms with Crippen molar-refractivity contribution in [2.75, 3.05) is 13.2 Å². The highest BCUT2D eigenvalue weighted by molar-refractivity contribution is 5.85. The van der Waals surface area contributed by atoms with Crippen LogP contribution in [0, 0.1) is 5.92 Å². The van der Waals surface area contributed by atoms with E-state index in [1.165, 1.54) is 27.2 Å². The van der Waals surface area contributed by atoms with Crippen molar-refractivity contribution in [1.82, 2.24) is 10.2 Å². The molecule has 3 atom stereocenters. The fourth-order valence-electron chi connectivity index (χ4n) is 5.93. The van der Waals surface area contributed by atoms with Crippen molar-refractivity contribution < 1.29 is 24.2 Å². The predicted molar refractivity (Wildman–Crippen MR) is 131 cm³/mol. The van der Waals surface area contributed by atoms with Gasteiger partial charge in [0, 0.05) is 24.9 Å². The molecule has 3 unspecified atom stereocenters. The lowest BCUT2D eigenvalue weighted by Gasteiger charge is -2.39. The molecular weight excluding hydrogens is 444 g/mol. The zero-order valence-electron chi connectivity index (χ0n) is 19.8. The molecule has 1 saturated carbocycles. The lowest BCUT2D eigenvalue weighted by molar-refractivity contribution is -0.157. The lowest BCUT2D eigenvalue weighted by Crippen LogP contribution is -2.55. The van der Waals surface area contributed by atoms with E-state index in [2.05, 4.69) is 29.6 Å². The van der Waals surface area contributed by atoms with E-state index in [9.17, 15) is 19.5 Å². The van der Waals surface area contributed by atoms with Gasteiger partial charge in [-0.15, -0.1) is 0 Å². The summed E-state index contributed by atoms with van der Waals surface area (Å²) in [5, 5.41) is 12.3. The summed E-state index contributed by atoms with van der Waals surface area (Å²) in [5.41, 5.74) is 4.75. The monoisotopic (exact) mass is 476 g/mol. The Morgan fingerprint density at radius 3 is 2.23 bits per heavy atom. The van der Waals surface area contributed by atoms with E-state index >= 15 is 0 Å². The molecule has 0 spiro atoms. The molecule has 7 heteroatoms. The van der Waals surface area contributed by atoms with E-state index in [0.717, 1.165) is 25.7 Å². The fourth-order valence-corrected chi connectivity index (χ4v) is 5.93. The summed E-state index contributed by atoms with van der Waals surface area (Å²) in [6.45, 7) is 0.795. The van der Waals surface area contributed by atoms with Crippen LogP contribution in [0.2, 0.25) is 0 Å². The Balaban J connectivity index is 1.16. The first-order valence-corrected chi connectivity index (χ1v) is 12.7. The van der Waals surface area contributed by atoms with E-state index in [1.54, 1.807) is 0 Å². The molecule has 2 aromatic carbocycles. The number of carboxylic acids is 1. The highest BCUT2D eigenvalue weighted by Crippen LogP contribution is 2.44. The second kappa shape index (κ2) is 10.1. The molecule has 5 rings (SSSR count). The maximum atomic E-state index is 12.8. The van der Waals surface area contributed by atoms with Gasteiger partial charge in [-0.1, -0.05) is 61.4 Å². The third kappa shape index (κ3) is 4.77. The highest BCUT2D eigenvalue weighted by Gasteiger charge is 2.38. The van der Waals surface area contributed by atoms with Gasteiger partial charge in [-0.3, -0.25) is 4.79 Å². The number of nitrogens with zero attached hydrogens (tertiary/aromatic N) is 1. The molecule has 3 aliphatic rings. The minimum Gasteiger partial charge on any atom is -0.480 e. The van der Waals surface area contributed by atoms with Crippen LogP contribution in [0.5, 0.6) is 0 Å². The van der Waals surface area contributed by atoms with Gasteiger partial charge in [0.1, 0.15) is 12.6 Å². The summed E-state index contributed by atoms with van der Waals surface area (Å²) >= 11 is 0. The van der Waals surface area contributed by atoms with Crippen LogP contribution in [-0.2, 0) is 14.3 Å². The van der Waals surface area contributed by atoms with Crippen molar-refractivity contribution in [2.24, 2.45) is 5.92 Å². The van der Waals surface area contributed by atoms with Crippen LogP contribution < -0.4 is 5.32 Å². The summed E-state index contributed by atoms with van der Waals surface area (Å²) in [7, 11) is 0. The van der Waals surface area contributed by atoms with E-state index < -0.39 is 18.1 Å². The van der Waals surface area contributed by atoms with Crippen LogP contribution >= 0.6 is 0 Å². The minimum atomic E-state index is -0.933. The second-order valence-corrected chi connectivity index (χ2v) is 9.89. The maximum Gasteiger partial charge on any atom is 0.407 e. The highest BCUT2D eigenvalue weighted by atomic mass is 16.5. The average Bonchev–Trinajstić information content (AvgIpc) is 3.15. The molecule has 2 aliphatic carbocycles. The smallest absolute Gasteiger partial charge is 0.407 e. The van der Waals surface area contributed by atoms with E-state index in [0.29, 0.717) is 25.8 Å². The standard InChI is InChI=1S/C28H32N2O5/c31-26(30-16-15-25(30)27(32)33)14-13-18-7-1-6-12-24(18)29-28(34)35-17-23-21-10-4-2-8-19(21)20-9-3-5-11-22(20)23/h2-5,8-11,18,23-25H,1,6-7,12-17H2,(H,29,34)(H,32,33). The summed E-state index contributed by atoms with van der Waals surface area (Å²) in [5.74, 6) is -0.824. The van der Waals surface area contributed by atoms with Gasteiger partial charge in [-0.25, -0.2) is 9.59 Å². The van der Waals surface area contributed by atoms with Crippen LogP contribution in [0.3, 0.4) is 0 Å². The Bertz CT molecular complexity index is 1070. The number of hydrogen-bond acceptors (Lipinski definition) is 4. The number of alkyl carbamates (subject to hydrolysis) is 1. The van der Waals surface area contributed by atoms with Crippen LogP contribution in [0.15, 0.2) is 48.5 Å². The molecule has 0 aromatic heterocycles. The summed E-state index contributed by atoms with van der Waals surface area (Å²) in [4.78, 5) is 38.0. The lowest BCUT2D eigenvalue weighted by atomic mass is 9.81. The normalized spacial score (nSPS) is 23.1. The number of fused-ring (bicyclic) bond motifs is 3. The van der Waals surface area contributed by atoms with Crippen molar-refractivity contribution in [3.05, 3.63) is 59.7 Å². The number of hydrogen-bond donors (Lipinski definition) is 2. The number of likely N-dealkylation sites (tertiary alicyclic amines) is 1. The number of benzene rings is 2. The molecule has 1 heterocycles. The van der Waals surface area contributed by atoms with Crippen LogP contribution in [0.4, 0.5) is 4.79 Å². The number of amides is 2. The number of rotatable bonds is 7. The zero-order chi connectivity index (χ0) is 24.4. The average molecular weight is 477 g/mol. The first-order valence-electron chi connectivity index (χ1n) is 12.7. The van der Waals surface area contributed by atoms with E-state index in [1.807, 2.05) is 24.3 Å². The number of ether oxygens (including phenoxy) is 1. The van der Waals surface area contributed by atoms with E-state index in [-0.39, 0.29) is 30.4 Å². The van der Waals surface area contributed by atoms with Crippen molar-refractivity contribution in [3.63, 3.8) is 0 Å². The molecule has 0 bridgehead atoms. The van der Waals surface area contributed by atoms with Gasteiger partial charge in [0.15, 0.2) is 0 Å². The molecule has 1 aliphatic heterocycles. The fraction of sp³-hybridized carbons (Fsp3) is 0.464. The minimum absolute atomic E-state index is 0.0200. The quantitative estimate of drug-likeness (QED) is 0.611. The molecule has 2 amide bonds. The largest absolute Gasteiger partial charge is 0.480 e. The van der Waals surface area contributed by atoms with Crippen molar-refractivity contribution in [1.29, 1.82) is 0 Å². The number of carboxylic acid groups (broad SMARTS) is 1. The van der Waals surface area contributed by atoms with Gasteiger partial charge in [-0.2, -0.15) is 0 Å². The number of carbonyl (C=O) groups excluding carboxylic acids is 2. The first kappa shape index (κ1) is 23.4. The van der Waals surface area contributed by atoms with Gasteiger partial charge in [-0.05, 0) is 53.9 Å². The second-order valence-electron chi connectivity index (χ2n) is 9.89. The van der Waals surface area contributed by atoms with Crippen LogP contribution in [0.1, 0.15) is 62.0 Å². The molecule has 1 saturated heterocycles. The van der Waals surface area contributed by atoms with Gasteiger partial charge < -0.3 is 20.1 Å². The van der Waals surface area contributed by atoms with Crippen molar-refractivity contribution in [3.8, 4) is 11.1 Å². The third-order valence-corrected chi connectivity index (χ3v) is 7.91. The zero-order valence-corrected chi connectivity index (χ0v) is 19.8. The predicted octanol–water partition coefficient (Wildman–Crippen LogP) is 4.55.